The predicted octanol–water partition coefficient (Wildman–Crippen LogP) is 4.22. The molecule has 2 N–H and O–H groups in total. The molecule has 0 spiro atoms. The number of nitrogens with zero attached hydrogens (tertiary/aromatic N) is 2. The van der Waals surface area contributed by atoms with Gasteiger partial charge in [-0.05, 0) is 61.9 Å². The first-order valence-corrected chi connectivity index (χ1v) is 9.45. The van der Waals surface area contributed by atoms with Crippen molar-refractivity contribution in [2.75, 3.05) is 6.61 Å². The molecule has 0 amide bonds. The molecule has 0 unspecified atom stereocenters. The number of rotatable bonds is 8. The highest BCUT2D eigenvalue weighted by atomic mass is 19.1. The number of carbonyl (C=O) groups is 1. The third kappa shape index (κ3) is 4.63. The van der Waals surface area contributed by atoms with Crippen LogP contribution in [0.5, 0.6) is 5.75 Å². The SMILES string of the molecule is CCOc1ccc(C(=O)O)cc1-c1cc(-c2ccc(F)cc2)n(C[C@@H](O)CC)n1. The summed E-state index contributed by atoms with van der Waals surface area (Å²) < 4.78 is 20.7. The molecular weight excluding hydrogens is 375 g/mol. The molecule has 0 saturated heterocycles. The molecule has 0 aliphatic rings. The smallest absolute Gasteiger partial charge is 0.335 e. The molecule has 6 nitrogen and oxygen atoms in total. The summed E-state index contributed by atoms with van der Waals surface area (Å²) in [4.78, 5) is 11.4. The Morgan fingerprint density at radius 1 is 1.17 bits per heavy atom. The topological polar surface area (TPSA) is 84.6 Å². The average Bonchev–Trinajstić information content (AvgIpc) is 3.12. The summed E-state index contributed by atoms with van der Waals surface area (Å²) in [5.74, 6) is -0.876. The summed E-state index contributed by atoms with van der Waals surface area (Å²) in [6, 6.07) is 12.4. The van der Waals surface area contributed by atoms with E-state index in [1.807, 2.05) is 13.8 Å². The van der Waals surface area contributed by atoms with Crippen molar-refractivity contribution in [3.63, 3.8) is 0 Å². The van der Waals surface area contributed by atoms with Gasteiger partial charge in [0.2, 0.25) is 0 Å². The van der Waals surface area contributed by atoms with E-state index in [0.717, 1.165) is 5.56 Å². The van der Waals surface area contributed by atoms with Crippen LogP contribution in [0.1, 0.15) is 30.6 Å². The van der Waals surface area contributed by atoms with E-state index in [4.69, 9.17) is 4.74 Å². The minimum absolute atomic E-state index is 0.120. The third-order valence-electron chi connectivity index (χ3n) is 4.58. The fourth-order valence-corrected chi connectivity index (χ4v) is 3.01. The number of aromatic nitrogens is 2. The van der Waals surface area contributed by atoms with Gasteiger partial charge in [-0.2, -0.15) is 5.10 Å². The highest BCUT2D eigenvalue weighted by Crippen LogP contribution is 2.33. The second-order valence-electron chi connectivity index (χ2n) is 6.61. The molecule has 29 heavy (non-hydrogen) atoms. The van der Waals surface area contributed by atoms with E-state index in [-0.39, 0.29) is 17.9 Å². The lowest BCUT2D eigenvalue weighted by Gasteiger charge is -2.11. The Labute approximate surface area is 168 Å². The van der Waals surface area contributed by atoms with E-state index in [1.54, 1.807) is 28.9 Å². The van der Waals surface area contributed by atoms with Crippen molar-refractivity contribution in [3.8, 4) is 28.3 Å². The van der Waals surface area contributed by atoms with Gasteiger partial charge >= 0.3 is 5.97 Å². The van der Waals surface area contributed by atoms with Gasteiger partial charge in [-0.25, -0.2) is 9.18 Å². The van der Waals surface area contributed by atoms with Gasteiger partial charge in [0.1, 0.15) is 11.6 Å². The first kappa shape index (κ1) is 20.5. The second kappa shape index (κ2) is 8.87. The minimum Gasteiger partial charge on any atom is -0.493 e. The van der Waals surface area contributed by atoms with E-state index < -0.39 is 12.1 Å². The molecule has 7 heteroatoms. The highest BCUT2D eigenvalue weighted by molar-refractivity contribution is 5.90. The maximum Gasteiger partial charge on any atom is 0.335 e. The first-order chi connectivity index (χ1) is 13.9. The number of ether oxygens (including phenoxy) is 1. The molecular formula is C22H23FN2O4. The van der Waals surface area contributed by atoms with Crippen molar-refractivity contribution in [1.29, 1.82) is 0 Å². The van der Waals surface area contributed by atoms with Gasteiger partial charge in [0.05, 0.1) is 36.2 Å². The van der Waals surface area contributed by atoms with Crippen molar-refractivity contribution in [2.45, 2.75) is 32.9 Å². The molecule has 0 radical (unpaired) electrons. The number of halogens is 1. The zero-order valence-electron chi connectivity index (χ0n) is 16.3. The van der Waals surface area contributed by atoms with Crippen LogP contribution in [0, 0.1) is 5.82 Å². The first-order valence-electron chi connectivity index (χ1n) is 9.45. The van der Waals surface area contributed by atoms with Crippen molar-refractivity contribution in [3.05, 3.63) is 59.9 Å². The van der Waals surface area contributed by atoms with E-state index in [9.17, 15) is 19.4 Å². The molecule has 0 aliphatic carbocycles. The molecule has 3 rings (SSSR count). The van der Waals surface area contributed by atoms with Gasteiger partial charge in [0.25, 0.3) is 0 Å². The Morgan fingerprint density at radius 3 is 2.52 bits per heavy atom. The van der Waals surface area contributed by atoms with Crippen LogP contribution in [0.4, 0.5) is 4.39 Å². The maximum absolute atomic E-state index is 13.4. The van der Waals surface area contributed by atoms with Gasteiger partial charge < -0.3 is 14.9 Å². The van der Waals surface area contributed by atoms with Gasteiger partial charge in [-0.1, -0.05) is 6.92 Å². The minimum atomic E-state index is -1.05. The van der Waals surface area contributed by atoms with Crippen LogP contribution in [0.25, 0.3) is 22.5 Å². The van der Waals surface area contributed by atoms with E-state index in [1.165, 1.54) is 24.3 Å². The highest BCUT2D eigenvalue weighted by Gasteiger charge is 2.18. The Kier molecular flexibility index (Phi) is 6.29. The van der Waals surface area contributed by atoms with Crippen LogP contribution < -0.4 is 4.74 Å². The number of carboxylic acid groups (broad SMARTS) is 1. The van der Waals surface area contributed by atoms with E-state index in [0.29, 0.717) is 35.7 Å². The fraction of sp³-hybridized carbons (Fsp3) is 0.273. The number of aliphatic hydroxyl groups is 1. The number of hydrogen-bond donors (Lipinski definition) is 2. The number of aliphatic hydroxyl groups excluding tert-OH is 1. The summed E-state index contributed by atoms with van der Waals surface area (Å²) in [5.41, 5.74) is 2.60. The maximum atomic E-state index is 13.4. The van der Waals surface area contributed by atoms with E-state index in [2.05, 4.69) is 5.10 Å². The molecule has 1 aromatic heterocycles. The molecule has 0 saturated carbocycles. The normalized spacial score (nSPS) is 12.0. The van der Waals surface area contributed by atoms with Gasteiger partial charge in [0.15, 0.2) is 0 Å². The summed E-state index contributed by atoms with van der Waals surface area (Å²) in [6.45, 7) is 4.39. The quantitative estimate of drug-likeness (QED) is 0.593. The molecule has 0 bridgehead atoms. The van der Waals surface area contributed by atoms with Crippen molar-refractivity contribution in [1.82, 2.24) is 9.78 Å². The van der Waals surface area contributed by atoms with Crippen LogP contribution >= 0.6 is 0 Å². The number of aromatic carboxylic acids is 1. The van der Waals surface area contributed by atoms with E-state index >= 15 is 0 Å². The Balaban J connectivity index is 2.15. The second-order valence-corrected chi connectivity index (χ2v) is 6.61. The molecule has 0 aliphatic heterocycles. The average molecular weight is 398 g/mol. The summed E-state index contributed by atoms with van der Waals surface area (Å²) in [7, 11) is 0. The zero-order chi connectivity index (χ0) is 21.0. The summed E-state index contributed by atoms with van der Waals surface area (Å²) in [6.07, 6.45) is -0.0461. The molecule has 2 aromatic carbocycles. The van der Waals surface area contributed by atoms with Crippen LogP contribution in [-0.4, -0.2) is 38.7 Å². The molecule has 3 aromatic rings. The fourth-order valence-electron chi connectivity index (χ4n) is 3.01. The lowest BCUT2D eigenvalue weighted by molar-refractivity contribution is 0.0697. The summed E-state index contributed by atoms with van der Waals surface area (Å²) in [5, 5.41) is 24.1. The Hall–Kier alpha value is -3.19. The monoisotopic (exact) mass is 398 g/mol. The molecule has 1 atom stereocenters. The third-order valence-corrected chi connectivity index (χ3v) is 4.58. The van der Waals surface area contributed by atoms with Gasteiger partial charge in [0, 0.05) is 11.1 Å². The van der Waals surface area contributed by atoms with Crippen molar-refractivity contribution in [2.24, 2.45) is 0 Å². The van der Waals surface area contributed by atoms with Crippen LogP contribution in [0.15, 0.2) is 48.5 Å². The van der Waals surface area contributed by atoms with Gasteiger partial charge in [-0.3, -0.25) is 4.68 Å². The lowest BCUT2D eigenvalue weighted by Crippen LogP contribution is -2.16. The van der Waals surface area contributed by atoms with Crippen LogP contribution in [-0.2, 0) is 6.54 Å². The summed E-state index contributed by atoms with van der Waals surface area (Å²) >= 11 is 0. The molecule has 0 fully saturated rings. The lowest BCUT2D eigenvalue weighted by atomic mass is 10.1. The van der Waals surface area contributed by atoms with Crippen LogP contribution in [0.2, 0.25) is 0 Å². The Bertz CT molecular complexity index is 999. The standard InChI is InChI=1S/C22H23FN2O4/c1-3-17(26)13-25-20(14-5-8-16(23)9-6-14)12-19(24-25)18-11-15(22(27)28)7-10-21(18)29-4-2/h5-12,17,26H,3-4,13H2,1-2H3,(H,27,28)/t17-/m0/s1. The number of benzene rings is 2. The zero-order valence-corrected chi connectivity index (χ0v) is 16.3. The number of carboxylic acids is 1. The van der Waals surface area contributed by atoms with Gasteiger partial charge in [-0.15, -0.1) is 0 Å². The Morgan fingerprint density at radius 2 is 1.90 bits per heavy atom. The molecule has 152 valence electrons. The molecule has 1 heterocycles. The number of hydrogen-bond acceptors (Lipinski definition) is 4. The van der Waals surface area contributed by atoms with Crippen molar-refractivity contribution >= 4 is 5.97 Å². The predicted molar refractivity (Wildman–Crippen MR) is 107 cm³/mol. The van der Waals surface area contributed by atoms with Crippen molar-refractivity contribution < 1.29 is 24.1 Å². The largest absolute Gasteiger partial charge is 0.493 e. The van der Waals surface area contributed by atoms with Crippen LogP contribution in [0.3, 0.4) is 0 Å².